The second kappa shape index (κ2) is 8.44. The number of pyridine rings is 2. The van der Waals surface area contributed by atoms with E-state index in [-0.39, 0.29) is 0 Å². The summed E-state index contributed by atoms with van der Waals surface area (Å²) in [5.41, 5.74) is 3.58. The highest BCUT2D eigenvalue weighted by Gasteiger charge is 2.21. The fraction of sp³-hybridized carbons (Fsp3) is 0.318. The molecule has 5 rings (SSSR count). The molecule has 0 atom stereocenters. The Kier molecular flexibility index (Phi) is 5.20. The zero-order chi connectivity index (χ0) is 20.2. The number of hydrogen-bond acceptors (Lipinski definition) is 7. The van der Waals surface area contributed by atoms with Gasteiger partial charge in [-0.1, -0.05) is 25.3 Å². The molecule has 30 heavy (non-hydrogen) atoms. The minimum absolute atomic E-state index is 0.441. The molecule has 1 aliphatic rings. The van der Waals surface area contributed by atoms with Gasteiger partial charge in [0.15, 0.2) is 17.0 Å². The number of rotatable bonds is 6. The molecule has 0 bridgehead atoms. The van der Waals surface area contributed by atoms with Crippen molar-refractivity contribution in [3.05, 3.63) is 60.9 Å². The molecule has 1 saturated carbocycles. The summed E-state index contributed by atoms with van der Waals surface area (Å²) >= 11 is 0. The van der Waals surface area contributed by atoms with Crippen molar-refractivity contribution in [1.29, 1.82) is 0 Å². The Morgan fingerprint density at radius 3 is 2.57 bits per heavy atom. The lowest BCUT2D eigenvalue weighted by molar-refractivity contribution is 0.358. The number of anilines is 3. The van der Waals surface area contributed by atoms with Gasteiger partial charge in [-0.15, -0.1) is 0 Å². The first-order valence-corrected chi connectivity index (χ1v) is 10.4. The van der Waals surface area contributed by atoms with Crippen LogP contribution in [0.1, 0.15) is 43.7 Å². The van der Waals surface area contributed by atoms with Crippen LogP contribution in [0.2, 0.25) is 0 Å². The lowest BCUT2D eigenvalue weighted by Gasteiger charge is -2.23. The normalized spacial score (nSPS) is 14.7. The highest BCUT2D eigenvalue weighted by molar-refractivity contribution is 5.84. The van der Waals surface area contributed by atoms with Gasteiger partial charge < -0.3 is 15.2 Å². The molecule has 8 heteroatoms. The van der Waals surface area contributed by atoms with E-state index in [9.17, 15) is 0 Å². The smallest absolute Gasteiger partial charge is 0.231 e. The van der Waals surface area contributed by atoms with Gasteiger partial charge in [-0.3, -0.25) is 9.97 Å². The van der Waals surface area contributed by atoms with Crippen molar-refractivity contribution >= 4 is 28.6 Å². The first-order valence-electron chi connectivity index (χ1n) is 10.4. The summed E-state index contributed by atoms with van der Waals surface area (Å²) in [6, 6.07) is 8.24. The number of nitrogens with zero attached hydrogens (tertiary/aromatic N) is 6. The van der Waals surface area contributed by atoms with Crippen LogP contribution >= 0.6 is 0 Å². The van der Waals surface area contributed by atoms with Crippen LogP contribution in [-0.4, -0.2) is 29.5 Å². The van der Waals surface area contributed by atoms with Crippen molar-refractivity contribution in [2.24, 2.45) is 0 Å². The molecule has 8 nitrogen and oxygen atoms in total. The second-order valence-electron chi connectivity index (χ2n) is 7.59. The predicted octanol–water partition coefficient (Wildman–Crippen LogP) is 4.48. The van der Waals surface area contributed by atoms with E-state index in [1.54, 1.807) is 18.6 Å². The molecular formula is C22H24N8. The molecule has 0 unspecified atom stereocenters. The van der Waals surface area contributed by atoms with Crippen LogP contribution in [0, 0.1) is 0 Å². The van der Waals surface area contributed by atoms with Crippen LogP contribution < -0.4 is 10.6 Å². The molecule has 1 aliphatic carbocycles. The molecule has 0 radical (unpaired) electrons. The molecular weight excluding hydrogens is 376 g/mol. The largest absolute Gasteiger partial charge is 0.364 e. The third-order valence-corrected chi connectivity index (χ3v) is 5.49. The van der Waals surface area contributed by atoms with E-state index in [0.717, 1.165) is 22.4 Å². The zero-order valence-corrected chi connectivity index (χ0v) is 16.7. The summed E-state index contributed by atoms with van der Waals surface area (Å²) in [6.45, 7) is 0.614. The standard InChI is InChI=1S/C22H24N8/c1-2-8-18(9-3-1)30-15-26-19-20(25-13-16-6-4-10-23-12-16)28-22(29-21(19)30)27-17-7-5-11-24-14-17/h4-7,10-12,14-15,18H,1-3,8-9,13H2,(H2,25,27,28,29). The molecule has 4 aromatic rings. The van der Waals surface area contributed by atoms with Gasteiger partial charge in [0.2, 0.25) is 5.95 Å². The minimum Gasteiger partial charge on any atom is -0.364 e. The number of fused-ring (bicyclic) bond motifs is 1. The first-order chi connectivity index (χ1) is 14.9. The van der Waals surface area contributed by atoms with Crippen LogP contribution in [0.25, 0.3) is 11.2 Å². The van der Waals surface area contributed by atoms with Crippen molar-refractivity contribution in [3.8, 4) is 0 Å². The molecule has 2 N–H and O–H groups in total. The van der Waals surface area contributed by atoms with Crippen LogP contribution in [0.3, 0.4) is 0 Å². The average molecular weight is 400 g/mol. The Morgan fingerprint density at radius 2 is 1.80 bits per heavy atom. The van der Waals surface area contributed by atoms with Crippen LogP contribution in [-0.2, 0) is 6.54 Å². The van der Waals surface area contributed by atoms with E-state index in [1.165, 1.54) is 32.1 Å². The summed E-state index contributed by atoms with van der Waals surface area (Å²) < 4.78 is 2.22. The lowest BCUT2D eigenvalue weighted by atomic mass is 9.95. The van der Waals surface area contributed by atoms with E-state index in [1.807, 2.05) is 36.8 Å². The Morgan fingerprint density at radius 1 is 0.967 bits per heavy atom. The highest BCUT2D eigenvalue weighted by Crippen LogP contribution is 2.32. The molecule has 0 spiro atoms. The zero-order valence-electron chi connectivity index (χ0n) is 16.7. The molecule has 0 aliphatic heterocycles. The quantitative estimate of drug-likeness (QED) is 0.493. The van der Waals surface area contributed by atoms with E-state index in [2.05, 4.69) is 30.2 Å². The molecule has 4 aromatic heterocycles. The van der Waals surface area contributed by atoms with Gasteiger partial charge in [0.05, 0.1) is 18.2 Å². The van der Waals surface area contributed by atoms with Crippen molar-refractivity contribution in [3.63, 3.8) is 0 Å². The maximum atomic E-state index is 4.82. The van der Waals surface area contributed by atoms with Gasteiger partial charge in [-0.05, 0) is 36.6 Å². The average Bonchev–Trinajstić information content (AvgIpc) is 3.23. The summed E-state index contributed by atoms with van der Waals surface area (Å²) in [5, 5.41) is 6.70. The first kappa shape index (κ1) is 18.5. The van der Waals surface area contributed by atoms with E-state index < -0.39 is 0 Å². The number of aromatic nitrogens is 6. The van der Waals surface area contributed by atoms with Gasteiger partial charge >= 0.3 is 0 Å². The Labute approximate surface area is 174 Å². The number of nitrogens with one attached hydrogen (secondary N) is 2. The van der Waals surface area contributed by atoms with Gasteiger partial charge in [-0.25, -0.2) is 4.98 Å². The summed E-state index contributed by atoms with van der Waals surface area (Å²) in [5.74, 6) is 1.24. The molecule has 152 valence electrons. The van der Waals surface area contributed by atoms with Gasteiger partial charge in [0, 0.05) is 31.2 Å². The molecule has 4 heterocycles. The highest BCUT2D eigenvalue weighted by atomic mass is 15.2. The topological polar surface area (TPSA) is 93.4 Å². The van der Waals surface area contributed by atoms with Crippen LogP contribution in [0.4, 0.5) is 17.5 Å². The second-order valence-corrected chi connectivity index (χ2v) is 7.59. The Bertz CT molecular complexity index is 1100. The molecule has 0 aromatic carbocycles. The maximum absolute atomic E-state index is 4.82. The fourth-order valence-corrected chi connectivity index (χ4v) is 3.98. The van der Waals surface area contributed by atoms with E-state index in [0.29, 0.717) is 24.4 Å². The third kappa shape index (κ3) is 3.94. The maximum Gasteiger partial charge on any atom is 0.231 e. The third-order valence-electron chi connectivity index (χ3n) is 5.49. The number of imidazole rings is 1. The van der Waals surface area contributed by atoms with E-state index >= 15 is 0 Å². The number of hydrogen-bond donors (Lipinski definition) is 2. The summed E-state index contributed by atoms with van der Waals surface area (Å²) in [7, 11) is 0. The van der Waals surface area contributed by atoms with Gasteiger partial charge in [0.1, 0.15) is 0 Å². The van der Waals surface area contributed by atoms with Crippen molar-refractivity contribution < 1.29 is 0 Å². The molecule has 0 amide bonds. The minimum atomic E-state index is 0.441. The summed E-state index contributed by atoms with van der Waals surface area (Å²) in [4.78, 5) is 22.6. The van der Waals surface area contributed by atoms with Gasteiger partial charge in [0.25, 0.3) is 0 Å². The molecule has 0 saturated heterocycles. The van der Waals surface area contributed by atoms with Crippen LogP contribution in [0.5, 0.6) is 0 Å². The molecule has 1 fully saturated rings. The lowest BCUT2D eigenvalue weighted by Crippen LogP contribution is -2.13. The Balaban J connectivity index is 1.51. The fourth-order valence-electron chi connectivity index (χ4n) is 3.98. The Hall–Kier alpha value is -3.55. The summed E-state index contributed by atoms with van der Waals surface area (Å²) in [6.07, 6.45) is 15.2. The van der Waals surface area contributed by atoms with Crippen molar-refractivity contribution in [2.45, 2.75) is 44.7 Å². The van der Waals surface area contributed by atoms with E-state index in [4.69, 9.17) is 9.97 Å². The SMILES string of the molecule is c1cncc(CNc2nc(Nc3cccnc3)nc3c2ncn3C2CCCCC2)c1. The van der Waals surface area contributed by atoms with Gasteiger partial charge in [-0.2, -0.15) is 9.97 Å². The monoisotopic (exact) mass is 400 g/mol. The van der Waals surface area contributed by atoms with Crippen LogP contribution in [0.15, 0.2) is 55.4 Å². The van der Waals surface area contributed by atoms with Crippen molar-refractivity contribution in [2.75, 3.05) is 10.6 Å². The van der Waals surface area contributed by atoms with Crippen molar-refractivity contribution in [1.82, 2.24) is 29.5 Å². The predicted molar refractivity (Wildman–Crippen MR) is 117 cm³/mol.